The zero-order chi connectivity index (χ0) is 20.4. The normalized spacial score (nSPS) is 16.6. The van der Waals surface area contributed by atoms with Gasteiger partial charge in [-0.25, -0.2) is 0 Å². The van der Waals surface area contributed by atoms with E-state index in [1.165, 1.54) is 11.8 Å². The van der Waals surface area contributed by atoms with Crippen LogP contribution in [0.25, 0.3) is 11.4 Å². The predicted octanol–water partition coefficient (Wildman–Crippen LogP) is 3.89. The number of fused-ring (bicyclic) bond motifs is 1. The van der Waals surface area contributed by atoms with Crippen LogP contribution >= 0.6 is 23.4 Å². The maximum absolute atomic E-state index is 12.3. The monoisotopic (exact) mass is 430 g/mol. The fourth-order valence-electron chi connectivity index (χ4n) is 2.72. The maximum Gasteiger partial charge on any atom is 0.308 e. The molecule has 148 valence electrons. The number of nitrogens with one attached hydrogen (secondary N) is 1. The molecule has 0 saturated heterocycles. The van der Waals surface area contributed by atoms with Gasteiger partial charge in [0.1, 0.15) is 0 Å². The molecular weight excluding hydrogens is 416 g/mol. The van der Waals surface area contributed by atoms with E-state index in [-0.39, 0.29) is 18.2 Å². The molecule has 0 fully saturated rings. The van der Waals surface area contributed by atoms with Crippen LogP contribution < -0.4 is 5.32 Å². The molecule has 8 nitrogen and oxygen atoms in total. The Kier molecular flexibility index (Phi) is 5.50. The van der Waals surface area contributed by atoms with Crippen molar-refractivity contribution < 1.29 is 18.8 Å². The third-order valence-corrected chi connectivity index (χ3v) is 5.64. The second kappa shape index (κ2) is 8.22. The van der Waals surface area contributed by atoms with E-state index >= 15 is 0 Å². The number of nitrogens with zero attached hydrogens (tertiary/aromatic N) is 3. The summed E-state index contributed by atoms with van der Waals surface area (Å²) in [4.78, 5) is 33.7. The predicted molar refractivity (Wildman–Crippen MR) is 106 cm³/mol. The summed E-state index contributed by atoms with van der Waals surface area (Å²) in [6.07, 6.45) is 2.41. The number of pyridine rings is 1. The molecule has 0 spiro atoms. The highest BCUT2D eigenvalue weighted by Crippen LogP contribution is 2.38. The maximum atomic E-state index is 12.3. The van der Waals surface area contributed by atoms with Gasteiger partial charge in [-0.2, -0.15) is 4.98 Å². The van der Waals surface area contributed by atoms with Gasteiger partial charge in [0.25, 0.3) is 5.89 Å². The first-order valence-corrected chi connectivity index (χ1v) is 9.96. The molecule has 4 rings (SSSR count). The second-order valence-electron chi connectivity index (χ2n) is 6.27. The van der Waals surface area contributed by atoms with Crippen molar-refractivity contribution in [1.29, 1.82) is 0 Å². The van der Waals surface area contributed by atoms with Gasteiger partial charge in [0.2, 0.25) is 11.7 Å². The van der Waals surface area contributed by atoms with Crippen molar-refractivity contribution in [3.8, 4) is 11.4 Å². The third-order valence-electron chi connectivity index (χ3n) is 4.13. The quantitative estimate of drug-likeness (QED) is 0.607. The topological polar surface area (TPSA) is 107 Å². The van der Waals surface area contributed by atoms with Crippen molar-refractivity contribution in [3.63, 3.8) is 0 Å². The molecule has 0 unspecified atom stereocenters. The zero-order valence-corrected chi connectivity index (χ0v) is 16.7. The first-order chi connectivity index (χ1) is 14.0. The Bertz CT molecular complexity index is 1060. The molecule has 10 heteroatoms. The van der Waals surface area contributed by atoms with Crippen LogP contribution in [0.1, 0.15) is 25.3 Å². The fraction of sp³-hybridized carbons (Fsp3) is 0.211. The number of amides is 1. The van der Waals surface area contributed by atoms with Gasteiger partial charge in [-0.05, 0) is 37.3 Å². The van der Waals surface area contributed by atoms with Crippen molar-refractivity contribution in [3.05, 3.63) is 53.6 Å². The Hall–Kier alpha value is -2.91. The highest BCUT2D eigenvalue weighted by atomic mass is 35.5. The first kappa shape index (κ1) is 19.4. The van der Waals surface area contributed by atoms with Gasteiger partial charge < -0.3 is 14.6 Å². The van der Waals surface area contributed by atoms with Crippen LogP contribution in [-0.4, -0.2) is 32.3 Å². The van der Waals surface area contributed by atoms with E-state index in [9.17, 15) is 9.59 Å². The van der Waals surface area contributed by atoms with Crippen molar-refractivity contribution in [1.82, 2.24) is 15.1 Å². The Labute approximate surface area is 175 Å². The lowest BCUT2D eigenvalue weighted by molar-refractivity contribution is -0.150. The van der Waals surface area contributed by atoms with Crippen LogP contribution in [0.4, 0.5) is 5.69 Å². The number of halogens is 1. The molecule has 3 aromatic rings. The minimum Gasteiger partial charge on any atom is -0.452 e. The van der Waals surface area contributed by atoms with Gasteiger partial charge in [0.05, 0.1) is 17.4 Å². The van der Waals surface area contributed by atoms with E-state index in [0.717, 1.165) is 4.90 Å². The van der Waals surface area contributed by atoms with Crippen LogP contribution in [0, 0.1) is 0 Å². The minimum atomic E-state index is -0.747. The van der Waals surface area contributed by atoms with E-state index < -0.39 is 17.3 Å². The van der Waals surface area contributed by atoms with Crippen molar-refractivity contribution in [2.24, 2.45) is 0 Å². The molecular formula is C19H15ClN4O4S. The van der Waals surface area contributed by atoms with Crippen LogP contribution in [0.15, 0.2) is 52.1 Å². The molecule has 3 heterocycles. The number of carbonyl (C=O) groups is 2. The standard InChI is InChI=1S/C19H15ClN4O4S/c1-10(19-23-17(24-28-19)11-3-2-6-21-9-11)27-16(25)8-15-18(26)22-13-7-12(20)4-5-14(13)29-15/h2-7,9-10,15H,8H2,1H3,(H,22,26)/t10-,15+/m1/s1. The second-order valence-corrected chi connectivity index (χ2v) is 7.95. The minimum absolute atomic E-state index is 0.0908. The lowest BCUT2D eigenvalue weighted by Gasteiger charge is -2.23. The smallest absolute Gasteiger partial charge is 0.308 e. The van der Waals surface area contributed by atoms with E-state index in [1.807, 2.05) is 0 Å². The Morgan fingerprint density at radius 1 is 1.41 bits per heavy atom. The average molecular weight is 431 g/mol. The molecule has 0 saturated carbocycles. The third kappa shape index (κ3) is 4.41. The molecule has 0 radical (unpaired) electrons. The lowest BCUT2D eigenvalue weighted by Crippen LogP contribution is -2.31. The van der Waals surface area contributed by atoms with Gasteiger partial charge in [-0.3, -0.25) is 14.6 Å². The van der Waals surface area contributed by atoms with Gasteiger partial charge in [0, 0.05) is 27.9 Å². The SMILES string of the molecule is C[C@@H](OC(=O)C[C@@H]1Sc2ccc(Cl)cc2NC1=O)c1nc(-c2cccnc2)no1. The average Bonchev–Trinajstić information content (AvgIpc) is 3.20. The van der Waals surface area contributed by atoms with Crippen LogP contribution in [0.2, 0.25) is 5.02 Å². The number of hydrogen-bond donors (Lipinski definition) is 1. The fourth-order valence-corrected chi connectivity index (χ4v) is 3.96. The number of benzene rings is 1. The summed E-state index contributed by atoms with van der Waals surface area (Å²) in [6.45, 7) is 1.63. The Morgan fingerprint density at radius 2 is 2.28 bits per heavy atom. The molecule has 1 aliphatic heterocycles. The van der Waals surface area contributed by atoms with Crippen molar-refractivity contribution in [2.75, 3.05) is 5.32 Å². The largest absolute Gasteiger partial charge is 0.452 e. The number of anilines is 1. The summed E-state index contributed by atoms with van der Waals surface area (Å²) in [5, 5.41) is 6.57. The number of rotatable bonds is 5. The van der Waals surface area contributed by atoms with Crippen LogP contribution in [0.3, 0.4) is 0 Å². The number of esters is 1. The summed E-state index contributed by atoms with van der Waals surface area (Å²) in [5.41, 5.74) is 1.33. The van der Waals surface area contributed by atoms with E-state index in [0.29, 0.717) is 22.1 Å². The molecule has 1 aromatic carbocycles. The molecule has 1 aliphatic rings. The number of ether oxygens (including phenoxy) is 1. The lowest BCUT2D eigenvalue weighted by atomic mass is 10.2. The molecule has 0 bridgehead atoms. The van der Waals surface area contributed by atoms with Gasteiger partial charge in [-0.15, -0.1) is 11.8 Å². The highest BCUT2D eigenvalue weighted by molar-refractivity contribution is 8.01. The van der Waals surface area contributed by atoms with Crippen molar-refractivity contribution >= 4 is 40.9 Å². The molecule has 29 heavy (non-hydrogen) atoms. The van der Waals surface area contributed by atoms with Crippen LogP contribution in [-0.2, 0) is 14.3 Å². The Morgan fingerprint density at radius 3 is 3.07 bits per heavy atom. The number of aromatic nitrogens is 3. The van der Waals surface area contributed by atoms with E-state index in [4.69, 9.17) is 20.9 Å². The molecule has 1 amide bonds. The van der Waals surface area contributed by atoms with Crippen molar-refractivity contribution in [2.45, 2.75) is 29.6 Å². The molecule has 2 aromatic heterocycles. The Balaban J connectivity index is 1.38. The highest BCUT2D eigenvalue weighted by Gasteiger charge is 2.31. The summed E-state index contributed by atoms with van der Waals surface area (Å²) in [6, 6.07) is 8.77. The molecule has 1 N–H and O–H groups in total. The van der Waals surface area contributed by atoms with Gasteiger partial charge in [0.15, 0.2) is 6.10 Å². The summed E-state index contributed by atoms with van der Waals surface area (Å²) in [7, 11) is 0. The van der Waals surface area contributed by atoms with Crippen LogP contribution in [0.5, 0.6) is 0 Å². The van der Waals surface area contributed by atoms with E-state index in [2.05, 4.69) is 20.4 Å². The van der Waals surface area contributed by atoms with Gasteiger partial charge >= 0.3 is 5.97 Å². The van der Waals surface area contributed by atoms with E-state index in [1.54, 1.807) is 49.6 Å². The number of thioether (sulfide) groups is 1. The summed E-state index contributed by atoms with van der Waals surface area (Å²) >= 11 is 7.24. The number of hydrogen-bond acceptors (Lipinski definition) is 8. The zero-order valence-electron chi connectivity index (χ0n) is 15.2. The number of carbonyl (C=O) groups excluding carboxylic acids is 2. The molecule has 0 aliphatic carbocycles. The summed E-state index contributed by atoms with van der Waals surface area (Å²) in [5.74, 6) is -0.291. The van der Waals surface area contributed by atoms with Gasteiger partial charge in [-0.1, -0.05) is 16.8 Å². The first-order valence-electron chi connectivity index (χ1n) is 8.70. The molecule has 2 atom stereocenters. The summed E-state index contributed by atoms with van der Waals surface area (Å²) < 4.78 is 10.6.